The molecule has 1 rings (SSSR count). The summed E-state index contributed by atoms with van der Waals surface area (Å²) in [5.74, 6) is 0.867. The van der Waals surface area contributed by atoms with Crippen LogP contribution in [0.2, 0.25) is 0 Å². The third-order valence-electron chi connectivity index (χ3n) is 2.35. The summed E-state index contributed by atoms with van der Waals surface area (Å²) in [5.41, 5.74) is 13.8. The van der Waals surface area contributed by atoms with Crippen LogP contribution in [-0.2, 0) is 0 Å². The van der Waals surface area contributed by atoms with E-state index in [-0.39, 0.29) is 18.4 Å². The summed E-state index contributed by atoms with van der Waals surface area (Å²) in [6, 6.07) is 5.96. The third kappa shape index (κ3) is 3.70. The number of benzene rings is 1. The Hall–Kier alpha value is -0.770. The Morgan fingerprint density at radius 3 is 2.53 bits per heavy atom. The Morgan fingerprint density at radius 2 is 2.07 bits per heavy atom. The van der Waals surface area contributed by atoms with Gasteiger partial charge in [-0.25, -0.2) is 0 Å². The van der Waals surface area contributed by atoms with Crippen LogP contribution in [0.25, 0.3) is 0 Å². The van der Waals surface area contributed by atoms with Gasteiger partial charge >= 0.3 is 0 Å². The van der Waals surface area contributed by atoms with Crippen LogP contribution in [0, 0.1) is 6.92 Å². The average Bonchev–Trinajstić information content (AvgIpc) is 2.17. The second kappa shape index (κ2) is 6.67. The van der Waals surface area contributed by atoms with E-state index in [1.165, 1.54) is 0 Å². The topological polar surface area (TPSA) is 61.3 Å². The molecule has 0 saturated heterocycles. The molecule has 15 heavy (non-hydrogen) atoms. The second-order valence-corrected chi connectivity index (χ2v) is 3.41. The number of ether oxygens (including phenoxy) is 1. The van der Waals surface area contributed by atoms with Crippen molar-refractivity contribution in [3.05, 3.63) is 29.3 Å². The maximum Gasteiger partial charge on any atom is 0.119 e. The lowest BCUT2D eigenvalue weighted by molar-refractivity contribution is 0.414. The summed E-state index contributed by atoms with van der Waals surface area (Å²) in [6.45, 7) is 2.65. The van der Waals surface area contributed by atoms with Gasteiger partial charge < -0.3 is 16.2 Å². The minimum atomic E-state index is 0. The molecule has 0 aliphatic rings. The van der Waals surface area contributed by atoms with E-state index in [1.807, 2.05) is 25.1 Å². The standard InChI is InChI=1S/C11H18N2O.ClH/c1-8-7-9(14-2)3-4-10(8)11(13)5-6-12;/h3-4,7,11H,5-6,12-13H2,1-2H3;1H/t11-;/m1./s1. The van der Waals surface area contributed by atoms with Crippen LogP contribution < -0.4 is 16.2 Å². The molecule has 0 unspecified atom stereocenters. The van der Waals surface area contributed by atoms with E-state index in [1.54, 1.807) is 7.11 Å². The molecule has 0 spiro atoms. The van der Waals surface area contributed by atoms with Gasteiger partial charge in [-0.2, -0.15) is 0 Å². The Kier molecular flexibility index (Phi) is 6.32. The van der Waals surface area contributed by atoms with E-state index in [4.69, 9.17) is 16.2 Å². The molecule has 0 aromatic heterocycles. The van der Waals surface area contributed by atoms with E-state index < -0.39 is 0 Å². The molecule has 0 aliphatic heterocycles. The van der Waals surface area contributed by atoms with Crippen molar-refractivity contribution in [2.75, 3.05) is 13.7 Å². The minimum Gasteiger partial charge on any atom is -0.497 e. The van der Waals surface area contributed by atoms with E-state index in [0.29, 0.717) is 6.54 Å². The zero-order valence-corrected chi connectivity index (χ0v) is 10.0. The highest BCUT2D eigenvalue weighted by molar-refractivity contribution is 5.85. The van der Waals surface area contributed by atoms with E-state index in [9.17, 15) is 0 Å². The van der Waals surface area contributed by atoms with Gasteiger partial charge in [0.25, 0.3) is 0 Å². The van der Waals surface area contributed by atoms with Crippen molar-refractivity contribution in [2.24, 2.45) is 11.5 Å². The third-order valence-corrected chi connectivity index (χ3v) is 2.35. The van der Waals surface area contributed by atoms with Gasteiger partial charge in [0.15, 0.2) is 0 Å². The highest BCUT2D eigenvalue weighted by atomic mass is 35.5. The number of nitrogens with two attached hydrogens (primary N) is 2. The van der Waals surface area contributed by atoms with Crippen molar-refractivity contribution in [2.45, 2.75) is 19.4 Å². The number of hydrogen-bond acceptors (Lipinski definition) is 3. The molecular weight excluding hydrogens is 212 g/mol. The van der Waals surface area contributed by atoms with Gasteiger partial charge in [0.05, 0.1) is 7.11 Å². The van der Waals surface area contributed by atoms with Crippen molar-refractivity contribution in [1.82, 2.24) is 0 Å². The zero-order chi connectivity index (χ0) is 10.6. The van der Waals surface area contributed by atoms with Crippen LogP contribution in [0.3, 0.4) is 0 Å². The Morgan fingerprint density at radius 1 is 1.40 bits per heavy atom. The molecule has 0 bridgehead atoms. The van der Waals surface area contributed by atoms with Gasteiger partial charge in [0.1, 0.15) is 5.75 Å². The summed E-state index contributed by atoms with van der Waals surface area (Å²) in [6.07, 6.45) is 0.813. The molecule has 1 aromatic carbocycles. The molecule has 3 nitrogen and oxygen atoms in total. The summed E-state index contributed by atoms with van der Waals surface area (Å²) in [7, 11) is 1.66. The maximum atomic E-state index is 5.98. The average molecular weight is 231 g/mol. The monoisotopic (exact) mass is 230 g/mol. The maximum absolute atomic E-state index is 5.98. The van der Waals surface area contributed by atoms with E-state index >= 15 is 0 Å². The SMILES string of the molecule is COc1ccc([C@H](N)CCN)c(C)c1.Cl. The number of aryl methyl sites for hydroxylation is 1. The Labute approximate surface area is 97.2 Å². The molecule has 0 radical (unpaired) electrons. The molecule has 4 N–H and O–H groups in total. The normalized spacial score (nSPS) is 11.7. The molecular formula is C11H19ClN2O. The van der Waals surface area contributed by atoms with Crippen LogP contribution in [0.15, 0.2) is 18.2 Å². The van der Waals surface area contributed by atoms with Crippen molar-refractivity contribution in [3.8, 4) is 5.75 Å². The highest BCUT2D eigenvalue weighted by Crippen LogP contribution is 2.22. The summed E-state index contributed by atoms with van der Waals surface area (Å²) in [4.78, 5) is 0. The lowest BCUT2D eigenvalue weighted by Gasteiger charge is -2.14. The van der Waals surface area contributed by atoms with Crippen LogP contribution in [0.4, 0.5) is 0 Å². The van der Waals surface area contributed by atoms with Crippen molar-refractivity contribution in [3.63, 3.8) is 0 Å². The molecule has 0 fully saturated rings. The molecule has 0 saturated carbocycles. The van der Waals surface area contributed by atoms with Gasteiger partial charge in [-0.05, 0) is 43.1 Å². The van der Waals surface area contributed by atoms with Crippen LogP contribution >= 0.6 is 12.4 Å². The van der Waals surface area contributed by atoms with Gasteiger partial charge in [0.2, 0.25) is 0 Å². The fraction of sp³-hybridized carbons (Fsp3) is 0.455. The largest absolute Gasteiger partial charge is 0.497 e. The van der Waals surface area contributed by atoms with Gasteiger partial charge in [-0.1, -0.05) is 6.07 Å². The first kappa shape index (κ1) is 14.2. The van der Waals surface area contributed by atoms with E-state index in [2.05, 4.69) is 0 Å². The summed E-state index contributed by atoms with van der Waals surface area (Å²) >= 11 is 0. The van der Waals surface area contributed by atoms with Gasteiger partial charge in [-0.15, -0.1) is 12.4 Å². The predicted octanol–water partition coefficient (Wildman–Crippen LogP) is 1.77. The highest BCUT2D eigenvalue weighted by Gasteiger charge is 2.08. The first-order valence-corrected chi connectivity index (χ1v) is 4.79. The molecule has 4 heteroatoms. The predicted molar refractivity (Wildman–Crippen MR) is 65.6 cm³/mol. The Bertz CT molecular complexity index is 305. The number of rotatable bonds is 4. The van der Waals surface area contributed by atoms with Crippen LogP contribution in [0.5, 0.6) is 5.75 Å². The fourth-order valence-corrected chi connectivity index (χ4v) is 1.53. The van der Waals surface area contributed by atoms with E-state index in [0.717, 1.165) is 23.3 Å². The van der Waals surface area contributed by atoms with Crippen molar-refractivity contribution >= 4 is 12.4 Å². The van der Waals surface area contributed by atoms with Gasteiger partial charge in [-0.3, -0.25) is 0 Å². The second-order valence-electron chi connectivity index (χ2n) is 3.41. The molecule has 0 aliphatic carbocycles. The minimum absolute atomic E-state index is 0. The smallest absolute Gasteiger partial charge is 0.119 e. The van der Waals surface area contributed by atoms with Crippen molar-refractivity contribution < 1.29 is 4.74 Å². The molecule has 0 heterocycles. The lowest BCUT2D eigenvalue weighted by atomic mass is 9.99. The molecule has 1 aromatic rings. The first-order chi connectivity index (χ1) is 6.69. The zero-order valence-electron chi connectivity index (χ0n) is 9.19. The quantitative estimate of drug-likeness (QED) is 0.829. The van der Waals surface area contributed by atoms with Crippen LogP contribution in [-0.4, -0.2) is 13.7 Å². The van der Waals surface area contributed by atoms with Crippen molar-refractivity contribution in [1.29, 1.82) is 0 Å². The number of hydrogen-bond donors (Lipinski definition) is 2. The van der Waals surface area contributed by atoms with Crippen LogP contribution in [0.1, 0.15) is 23.6 Å². The molecule has 86 valence electrons. The number of methoxy groups -OCH3 is 1. The lowest BCUT2D eigenvalue weighted by Crippen LogP contribution is -2.16. The molecule has 0 amide bonds. The molecule has 1 atom stereocenters. The summed E-state index contributed by atoms with van der Waals surface area (Å²) in [5, 5.41) is 0. The first-order valence-electron chi connectivity index (χ1n) is 4.79. The van der Waals surface area contributed by atoms with Gasteiger partial charge in [0, 0.05) is 6.04 Å². The number of halogens is 1. The fourth-order valence-electron chi connectivity index (χ4n) is 1.53. The summed E-state index contributed by atoms with van der Waals surface area (Å²) < 4.78 is 5.12. The Balaban J connectivity index is 0.00000196.